The van der Waals surface area contributed by atoms with Crippen molar-refractivity contribution < 1.29 is 0 Å². The topological polar surface area (TPSA) is 4.41 Å². The van der Waals surface area contributed by atoms with Crippen LogP contribution in [0.4, 0.5) is 0 Å². The molecule has 1 nitrogen and oxygen atoms in total. The zero-order valence-electron chi connectivity index (χ0n) is 27.3. The normalized spacial score (nSPS) is 14.2. The van der Waals surface area contributed by atoms with Crippen LogP contribution in [0.5, 0.6) is 0 Å². The number of hydrogen-bond donors (Lipinski definition) is 0. The molecule has 0 amide bonds. The van der Waals surface area contributed by atoms with Gasteiger partial charge in [-0.2, -0.15) is 0 Å². The van der Waals surface area contributed by atoms with Gasteiger partial charge in [-0.05, 0) is 105 Å². The van der Waals surface area contributed by atoms with Crippen LogP contribution in [0, 0.1) is 6.92 Å². The minimum atomic E-state index is 0.479. The Hall–Kier alpha value is -5.66. The predicted octanol–water partition coefficient (Wildman–Crippen LogP) is 12.9. The second-order valence-corrected chi connectivity index (χ2v) is 13.5. The molecule has 0 radical (unpaired) electrons. The number of rotatable bonds is 4. The van der Waals surface area contributed by atoms with E-state index in [2.05, 4.69) is 164 Å². The highest BCUT2D eigenvalue weighted by molar-refractivity contribution is 6.26. The fraction of sp³-hybridized carbons (Fsp3) is 0.106. The highest BCUT2D eigenvalue weighted by Crippen LogP contribution is 2.49. The largest absolute Gasteiger partial charge is 0.308 e. The molecular weight excluding hydrogens is 579 g/mol. The van der Waals surface area contributed by atoms with E-state index in [1.165, 1.54) is 99.3 Å². The van der Waals surface area contributed by atoms with E-state index in [9.17, 15) is 0 Å². The zero-order valence-corrected chi connectivity index (χ0v) is 27.3. The van der Waals surface area contributed by atoms with E-state index in [1.807, 2.05) is 0 Å². The number of fused-ring (bicyclic) bond motifs is 9. The fourth-order valence-electron chi connectivity index (χ4n) is 8.93. The lowest BCUT2D eigenvalue weighted by atomic mass is 9.73. The van der Waals surface area contributed by atoms with Crippen molar-refractivity contribution in [3.05, 3.63) is 162 Å². The Kier molecular flexibility index (Phi) is 5.96. The predicted molar refractivity (Wildman–Crippen MR) is 204 cm³/mol. The van der Waals surface area contributed by atoms with E-state index < -0.39 is 0 Å². The Labute approximate surface area is 281 Å². The minimum Gasteiger partial charge on any atom is -0.308 e. The van der Waals surface area contributed by atoms with Crippen molar-refractivity contribution in [1.29, 1.82) is 0 Å². The van der Waals surface area contributed by atoms with Gasteiger partial charge in [-0.1, -0.05) is 134 Å². The van der Waals surface area contributed by atoms with E-state index in [1.54, 1.807) is 0 Å². The van der Waals surface area contributed by atoms with E-state index in [4.69, 9.17) is 0 Å². The van der Waals surface area contributed by atoms with E-state index in [0.29, 0.717) is 5.92 Å². The van der Waals surface area contributed by atoms with Crippen molar-refractivity contribution in [2.75, 3.05) is 0 Å². The lowest BCUT2D eigenvalue weighted by molar-refractivity contribution is 0.655. The molecule has 0 aliphatic heterocycles. The molecule has 0 fully saturated rings. The number of para-hydroxylation sites is 2. The van der Waals surface area contributed by atoms with Crippen LogP contribution in [0.1, 0.15) is 36.0 Å². The molecule has 1 aliphatic carbocycles. The van der Waals surface area contributed by atoms with Crippen molar-refractivity contribution in [1.82, 2.24) is 4.40 Å². The molecule has 0 saturated carbocycles. The van der Waals surface area contributed by atoms with Crippen molar-refractivity contribution in [2.45, 2.75) is 32.6 Å². The SMILES string of the molecule is CCC1Cc2ccc(-c3ccccc3)cc2-c2cccc(-c3cccc(-c4cccc5c4c4cccc6c7ccccc7n5c64)c3C)c21. The molecule has 48 heavy (non-hydrogen) atoms. The molecule has 1 unspecified atom stereocenters. The van der Waals surface area contributed by atoms with Gasteiger partial charge in [0.25, 0.3) is 0 Å². The molecule has 0 saturated heterocycles. The standard InChI is InChI=1S/C47H35N/c1-3-30-27-33-26-25-32(31-13-5-4-6-14-31)28-42(33)39-19-10-18-37(45(30)39)34-16-9-17-35(29(34)2)38-20-12-24-44-46(38)41-22-11-21-40-36-15-7-8-23-43(36)48(44)47(40)41/h4-26,28,30H,3,27H2,1-2H3. The maximum Gasteiger partial charge on any atom is 0.0620 e. The average molecular weight is 614 g/mol. The van der Waals surface area contributed by atoms with Crippen LogP contribution in [0.3, 0.4) is 0 Å². The molecule has 9 aromatic rings. The lowest BCUT2D eigenvalue weighted by Crippen LogP contribution is -2.12. The third-order valence-electron chi connectivity index (χ3n) is 11.1. The van der Waals surface area contributed by atoms with Gasteiger partial charge in [0.15, 0.2) is 0 Å². The smallest absolute Gasteiger partial charge is 0.0620 e. The van der Waals surface area contributed by atoms with Gasteiger partial charge >= 0.3 is 0 Å². The van der Waals surface area contributed by atoms with Crippen molar-refractivity contribution in [3.8, 4) is 44.5 Å². The monoisotopic (exact) mass is 613 g/mol. The van der Waals surface area contributed by atoms with Gasteiger partial charge in [-0.15, -0.1) is 0 Å². The molecule has 1 heteroatoms. The van der Waals surface area contributed by atoms with Crippen molar-refractivity contribution in [2.24, 2.45) is 0 Å². The maximum atomic E-state index is 2.48. The van der Waals surface area contributed by atoms with Crippen LogP contribution in [-0.2, 0) is 6.42 Å². The minimum absolute atomic E-state index is 0.479. The van der Waals surface area contributed by atoms with Gasteiger partial charge in [-0.25, -0.2) is 0 Å². The first kappa shape index (κ1) is 27.5. The summed E-state index contributed by atoms with van der Waals surface area (Å²) in [4.78, 5) is 0. The number of aromatic nitrogens is 1. The van der Waals surface area contributed by atoms with E-state index >= 15 is 0 Å². The highest BCUT2D eigenvalue weighted by Gasteiger charge is 2.28. The molecule has 0 N–H and O–H groups in total. The molecule has 0 spiro atoms. The summed E-state index contributed by atoms with van der Waals surface area (Å²) in [5.74, 6) is 0.479. The maximum absolute atomic E-state index is 2.48. The van der Waals surface area contributed by atoms with Crippen LogP contribution in [-0.4, -0.2) is 4.40 Å². The Morgan fingerprint density at radius 1 is 0.521 bits per heavy atom. The molecule has 1 atom stereocenters. The molecule has 1 aliphatic rings. The van der Waals surface area contributed by atoms with Crippen LogP contribution in [0.25, 0.3) is 82.6 Å². The second-order valence-electron chi connectivity index (χ2n) is 13.5. The Morgan fingerprint density at radius 2 is 1.15 bits per heavy atom. The molecule has 2 aromatic heterocycles. The zero-order chi connectivity index (χ0) is 31.9. The number of benzene rings is 7. The van der Waals surface area contributed by atoms with Crippen molar-refractivity contribution in [3.63, 3.8) is 0 Å². The summed E-state index contributed by atoms with van der Waals surface area (Å²) in [6.07, 6.45) is 2.19. The molecular formula is C47H35N. The second kappa shape index (κ2) is 10.4. The first-order valence-electron chi connectivity index (χ1n) is 17.3. The Morgan fingerprint density at radius 3 is 1.98 bits per heavy atom. The third-order valence-corrected chi connectivity index (χ3v) is 11.1. The summed E-state index contributed by atoms with van der Waals surface area (Å²) >= 11 is 0. The summed E-state index contributed by atoms with van der Waals surface area (Å²) in [6.45, 7) is 4.69. The highest BCUT2D eigenvalue weighted by atomic mass is 14.9. The summed E-state index contributed by atoms with van der Waals surface area (Å²) in [5, 5.41) is 5.31. The van der Waals surface area contributed by atoms with Crippen LogP contribution >= 0.6 is 0 Å². The summed E-state index contributed by atoms with van der Waals surface area (Å²) in [6, 6.07) is 54.3. The van der Waals surface area contributed by atoms with Crippen LogP contribution in [0.2, 0.25) is 0 Å². The van der Waals surface area contributed by atoms with Gasteiger partial charge in [-0.3, -0.25) is 0 Å². The molecule has 228 valence electrons. The van der Waals surface area contributed by atoms with Crippen molar-refractivity contribution >= 4 is 38.1 Å². The van der Waals surface area contributed by atoms with Gasteiger partial charge < -0.3 is 4.40 Å². The Bertz CT molecular complexity index is 2690. The summed E-state index contributed by atoms with van der Waals surface area (Å²) in [5.41, 5.74) is 18.8. The van der Waals surface area contributed by atoms with Gasteiger partial charge in [0.1, 0.15) is 0 Å². The van der Waals surface area contributed by atoms with Gasteiger partial charge in [0.2, 0.25) is 0 Å². The van der Waals surface area contributed by atoms with Crippen LogP contribution < -0.4 is 0 Å². The summed E-state index contributed by atoms with van der Waals surface area (Å²) in [7, 11) is 0. The van der Waals surface area contributed by atoms with E-state index in [0.717, 1.165) is 12.8 Å². The molecule has 2 heterocycles. The van der Waals surface area contributed by atoms with Crippen LogP contribution in [0.15, 0.2) is 146 Å². The van der Waals surface area contributed by atoms with Gasteiger partial charge in [0, 0.05) is 21.5 Å². The third kappa shape index (κ3) is 3.79. The first-order chi connectivity index (χ1) is 23.7. The molecule has 10 rings (SSSR count). The van der Waals surface area contributed by atoms with E-state index in [-0.39, 0.29) is 0 Å². The van der Waals surface area contributed by atoms with Gasteiger partial charge in [0.05, 0.1) is 16.6 Å². The average Bonchev–Trinajstić information content (AvgIpc) is 3.67. The summed E-state index contributed by atoms with van der Waals surface area (Å²) < 4.78 is 2.48. The number of hydrogen-bond acceptors (Lipinski definition) is 0. The first-order valence-corrected chi connectivity index (χ1v) is 17.3. The molecule has 7 aromatic carbocycles. The molecule has 0 bridgehead atoms. The quantitative estimate of drug-likeness (QED) is 0.186. The Balaban J connectivity index is 1.19. The lowest BCUT2D eigenvalue weighted by Gasteiger charge is -2.30. The number of nitrogens with zero attached hydrogens (tertiary/aromatic N) is 1. The fourth-order valence-corrected chi connectivity index (χ4v) is 8.93.